The lowest BCUT2D eigenvalue weighted by molar-refractivity contribution is 0.112. The summed E-state index contributed by atoms with van der Waals surface area (Å²) in [4.78, 5) is 24.7. The van der Waals surface area contributed by atoms with E-state index < -0.39 is 0 Å². The summed E-state index contributed by atoms with van der Waals surface area (Å²) in [5.41, 5.74) is 2.88. The summed E-state index contributed by atoms with van der Waals surface area (Å²) >= 11 is 0. The molecule has 0 amide bonds. The molecule has 15 heavy (non-hydrogen) atoms. The molecule has 1 heterocycles. The standard InChI is InChI=1S/C12H11NO2/c1-7-3-9-5-10(6-14)12(15)13-11(9)4-8(7)2/h3-6H,1-2H3,(H,13,15). The smallest absolute Gasteiger partial charge is 0.259 e. The number of aromatic amines is 1. The molecule has 1 aromatic carbocycles. The fourth-order valence-electron chi connectivity index (χ4n) is 1.58. The van der Waals surface area contributed by atoms with Crippen molar-refractivity contribution in [2.24, 2.45) is 0 Å². The minimum absolute atomic E-state index is 0.172. The molecular weight excluding hydrogens is 190 g/mol. The monoisotopic (exact) mass is 201 g/mol. The van der Waals surface area contributed by atoms with E-state index in [1.807, 2.05) is 26.0 Å². The van der Waals surface area contributed by atoms with Gasteiger partial charge < -0.3 is 4.98 Å². The molecule has 0 saturated heterocycles. The van der Waals surface area contributed by atoms with E-state index in [2.05, 4.69) is 4.98 Å². The van der Waals surface area contributed by atoms with Gasteiger partial charge in [0.1, 0.15) is 0 Å². The molecule has 2 aromatic rings. The van der Waals surface area contributed by atoms with Crippen molar-refractivity contribution in [3.05, 3.63) is 45.2 Å². The first-order chi connectivity index (χ1) is 7.11. The number of hydrogen-bond donors (Lipinski definition) is 1. The third-order valence-electron chi connectivity index (χ3n) is 2.61. The predicted molar refractivity (Wildman–Crippen MR) is 59.4 cm³/mol. The van der Waals surface area contributed by atoms with Crippen LogP contribution in [0.1, 0.15) is 21.5 Å². The first-order valence-electron chi connectivity index (χ1n) is 4.71. The lowest BCUT2D eigenvalue weighted by Gasteiger charge is -2.03. The van der Waals surface area contributed by atoms with Crippen molar-refractivity contribution in [3.63, 3.8) is 0 Å². The van der Waals surface area contributed by atoms with Gasteiger partial charge in [-0.2, -0.15) is 0 Å². The van der Waals surface area contributed by atoms with Gasteiger partial charge in [-0.15, -0.1) is 0 Å². The quantitative estimate of drug-likeness (QED) is 0.717. The van der Waals surface area contributed by atoms with Gasteiger partial charge in [-0.05, 0) is 48.6 Å². The number of rotatable bonds is 1. The van der Waals surface area contributed by atoms with Gasteiger partial charge >= 0.3 is 0 Å². The molecule has 3 nitrogen and oxygen atoms in total. The maximum Gasteiger partial charge on any atom is 0.259 e. The van der Waals surface area contributed by atoms with Crippen LogP contribution in [-0.4, -0.2) is 11.3 Å². The van der Waals surface area contributed by atoms with E-state index in [1.54, 1.807) is 6.07 Å². The normalized spacial score (nSPS) is 10.5. The van der Waals surface area contributed by atoms with Crippen molar-refractivity contribution in [1.29, 1.82) is 0 Å². The van der Waals surface area contributed by atoms with E-state index in [4.69, 9.17) is 0 Å². The van der Waals surface area contributed by atoms with Gasteiger partial charge in [-0.1, -0.05) is 0 Å². The van der Waals surface area contributed by atoms with Gasteiger partial charge in [0.15, 0.2) is 6.29 Å². The van der Waals surface area contributed by atoms with Crippen LogP contribution in [0.3, 0.4) is 0 Å². The molecule has 0 atom stereocenters. The largest absolute Gasteiger partial charge is 0.321 e. The van der Waals surface area contributed by atoms with Crippen molar-refractivity contribution >= 4 is 17.2 Å². The Hall–Kier alpha value is -1.90. The first kappa shape index (κ1) is 9.65. The first-order valence-corrected chi connectivity index (χ1v) is 4.71. The number of aromatic nitrogens is 1. The minimum atomic E-state index is -0.333. The molecule has 0 fully saturated rings. The highest BCUT2D eigenvalue weighted by atomic mass is 16.1. The van der Waals surface area contributed by atoms with Crippen molar-refractivity contribution in [3.8, 4) is 0 Å². The van der Waals surface area contributed by atoms with Crippen LogP contribution in [0.4, 0.5) is 0 Å². The number of aldehydes is 1. The second-order valence-electron chi connectivity index (χ2n) is 3.70. The molecule has 76 valence electrons. The fourth-order valence-corrected chi connectivity index (χ4v) is 1.58. The Balaban J connectivity index is 2.88. The summed E-state index contributed by atoms with van der Waals surface area (Å²) < 4.78 is 0. The zero-order valence-electron chi connectivity index (χ0n) is 8.63. The number of H-pyrrole nitrogens is 1. The number of fused-ring (bicyclic) bond motifs is 1. The van der Waals surface area contributed by atoms with Crippen LogP contribution in [0.15, 0.2) is 23.0 Å². The molecule has 3 heteroatoms. The second-order valence-corrected chi connectivity index (χ2v) is 3.70. The van der Waals surface area contributed by atoms with Crippen LogP contribution in [0.5, 0.6) is 0 Å². The number of aryl methyl sites for hydroxylation is 2. The highest BCUT2D eigenvalue weighted by molar-refractivity contribution is 5.86. The van der Waals surface area contributed by atoms with E-state index >= 15 is 0 Å². The molecule has 0 radical (unpaired) electrons. The molecule has 0 aliphatic carbocycles. The Bertz CT molecular complexity index is 596. The number of carbonyl (C=O) groups is 1. The third kappa shape index (κ3) is 1.56. The van der Waals surface area contributed by atoms with E-state index in [9.17, 15) is 9.59 Å². The average Bonchev–Trinajstić information content (AvgIpc) is 2.20. The van der Waals surface area contributed by atoms with Crippen LogP contribution in [0.2, 0.25) is 0 Å². The Morgan fingerprint density at radius 2 is 1.80 bits per heavy atom. The molecule has 0 bridgehead atoms. The third-order valence-corrected chi connectivity index (χ3v) is 2.61. The number of pyridine rings is 1. The van der Waals surface area contributed by atoms with Crippen LogP contribution in [0, 0.1) is 13.8 Å². The SMILES string of the molecule is Cc1cc2cc(C=O)c(=O)[nH]c2cc1C. The van der Waals surface area contributed by atoms with E-state index in [1.165, 1.54) is 0 Å². The summed E-state index contributed by atoms with van der Waals surface area (Å²) in [5, 5.41) is 0.889. The maximum atomic E-state index is 11.4. The summed E-state index contributed by atoms with van der Waals surface area (Å²) in [7, 11) is 0. The van der Waals surface area contributed by atoms with Crippen molar-refractivity contribution < 1.29 is 4.79 Å². The van der Waals surface area contributed by atoms with Gasteiger partial charge in [-0.25, -0.2) is 0 Å². The Morgan fingerprint density at radius 1 is 1.13 bits per heavy atom. The summed E-state index contributed by atoms with van der Waals surface area (Å²) in [5.74, 6) is 0. The zero-order chi connectivity index (χ0) is 11.0. The molecule has 0 unspecified atom stereocenters. The summed E-state index contributed by atoms with van der Waals surface area (Å²) in [6.07, 6.45) is 0.577. The van der Waals surface area contributed by atoms with E-state index in [0.717, 1.165) is 22.0 Å². The molecule has 2 rings (SSSR count). The number of hydrogen-bond acceptors (Lipinski definition) is 2. The van der Waals surface area contributed by atoms with E-state index in [-0.39, 0.29) is 11.1 Å². The molecular formula is C12H11NO2. The second kappa shape index (κ2) is 3.35. The highest BCUT2D eigenvalue weighted by Gasteiger charge is 2.03. The topological polar surface area (TPSA) is 49.9 Å². The Kier molecular flexibility index (Phi) is 2.15. The highest BCUT2D eigenvalue weighted by Crippen LogP contribution is 2.16. The van der Waals surface area contributed by atoms with Crippen LogP contribution in [-0.2, 0) is 0 Å². The summed E-state index contributed by atoms with van der Waals surface area (Å²) in [6, 6.07) is 5.50. The summed E-state index contributed by atoms with van der Waals surface area (Å²) in [6.45, 7) is 3.99. The van der Waals surface area contributed by atoms with Gasteiger partial charge in [-0.3, -0.25) is 9.59 Å². The predicted octanol–water partition coefficient (Wildman–Crippen LogP) is 1.96. The van der Waals surface area contributed by atoms with Crippen LogP contribution < -0.4 is 5.56 Å². The molecule has 1 N–H and O–H groups in total. The minimum Gasteiger partial charge on any atom is -0.321 e. The van der Waals surface area contributed by atoms with Gasteiger partial charge in [0, 0.05) is 5.52 Å². The van der Waals surface area contributed by atoms with Crippen molar-refractivity contribution in [2.75, 3.05) is 0 Å². The van der Waals surface area contributed by atoms with Crippen molar-refractivity contribution in [2.45, 2.75) is 13.8 Å². The fraction of sp³-hybridized carbons (Fsp3) is 0.167. The van der Waals surface area contributed by atoms with Crippen LogP contribution in [0.25, 0.3) is 10.9 Å². The van der Waals surface area contributed by atoms with Gasteiger partial charge in [0.25, 0.3) is 5.56 Å². The molecule has 0 aliphatic rings. The molecule has 0 spiro atoms. The van der Waals surface area contributed by atoms with Gasteiger partial charge in [0.05, 0.1) is 5.56 Å². The van der Waals surface area contributed by atoms with Crippen LogP contribution >= 0.6 is 0 Å². The molecule has 1 aromatic heterocycles. The molecule has 0 aliphatic heterocycles. The number of nitrogens with one attached hydrogen (secondary N) is 1. The Labute approximate surface area is 86.8 Å². The molecule has 0 saturated carbocycles. The lowest BCUT2D eigenvalue weighted by atomic mass is 10.1. The number of carbonyl (C=O) groups excluding carboxylic acids is 1. The van der Waals surface area contributed by atoms with E-state index in [0.29, 0.717) is 6.29 Å². The lowest BCUT2D eigenvalue weighted by Crippen LogP contribution is -2.11. The average molecular weight is 201 g/mol. The number of benzene rings is 1. The van der Waals surface area contributed by atoms with Gasteiger partial charge in [0.2, 0.25) is 0 Å². The maximum absolute atomic E-state index is 11.4. The zero-order valence-corrected chi connectivity index (χ0v) is 8.63. The Morgan fingerprint density at radius 3 is 2.47 bits per heavy atom. The van der Waals surface area contributed by atoms with Crippen molar-refractivity contribution in [1.82, 2.24) is 4.98 Å².